The van der Waals surface area contributed by atoms with Gasteiger partial charge in [-0.2, -0.15) is 0 Å². The molecule has 0 spiro atoms. The molecule has 0 saturated carbocycles. The third-order valence-electron chi connectivity index (χ3n) is 4.09. The number of hydrogen-bond donors (Lipinski definition) is 1. The number of nitrogens with zero attached hydrogens (tertiary/aromatic N) is 1. The van der Waals surface area contributed by atoms with Crippen molar-refractivity contribution >= 4 is 5.69 Å². The lowest BCUT2D eigenvalue weighted by Gasteiger charge is -2.37. The minimum Gasteiger partial charge on any atom is -0.369 e. The van der Waals surface area contributed by atoms with E-state index in [1.54, 1.807) is 0 Å². The molecule has 2 nitrogen and oxygen atoms in total. The Morgan fingerprint density at radius 2 is 2.16 bits per heavy atom. The van der Waals surface area contributed by atoms with Crippen molar-refractivity contribution in [3.8, 4) is 0 Å². The van der Waals surface area contributed by atoms with Gasteiger partial charge >= 0.3 is 0 Å². The lowest BCUT2D eigenvalue weighted by molar-refractivity contribution is 0.483. The average Bonchev–Trinajstić information content (AvgIpc) is 2.40. The second kappa shape index (κ2) is 6.95. The van der Waals surface area contributed by atoms with Crippen LogP contribution in [0.3, 0.4) is 0 Å². The van der Waals surface area contributed by atoms with Crippen LogP contribution < -0.4 is 10.2 Å². The van der Waals surface area contributed by atoms with E-state index in [9.17, 15) is 0 Å². The van der Waals surface area contributed by atoms with Gasteiger partial charge in [0.05, 0.1) is 0 Å². The summed E-state index contributed by atoms with van der Waals surface area (Å²) in [6, 6.07) is 7.60. The lowest BCUT2D eigenvalue weighted by atomic mass is 10.00. The fraction of sp³-hybridized carbons (Fsp3) is 0.647. The first-order valence-electron chi connectivity index (χ1n) is 7.79. The van der Waals surface area contributed by atoms with E-state index in [-0.39, 0.29) is 0 Å². The third-order valence-corrected chi connectivity index (χ3v) is 4.09. The monoisotopic (exact) mass is 260 g/mol. The van der Waals surface area contributed by atoms with Crippen LogP contribution in [-0.4, -0.2) is 19.1 Å². The van der Waals surface area contributed by atoms with Gasteiger partial charge in [0.25, 0.3) is 0 Å². The lowest BCUT2D eigenvalue weighted by Crippen LogP contribution is -2.38. The van der Waals surface area contributed by atoms with Gasteiger partial charge in [0.2, 0.25) is 0 Å². The molecule has 0 amide bonds. The van der Waals surface area contributed by atoms with Gasteiger partial charge in [-0.05, 0) is 57.7 Å². The summed E-state index contributed by atoms with van der Waals surface area (Å²) >= 11 is 0. The molecule has 1 saturated heterocycles. The average molecular weight is 260 g/mol. The fourth-order valence-electron chi connectivity index (χ4n) is 2.99. The van der Waals surface area contributed by atoms with Crippen molar-refractivity contribution in [3.63, 3.8) is 0 Å². The van der Waals surface area contributed by atoms with Crippen LogP contribution in [0.1, 0.15) is 50.7 Å². The number of benzene rings is 1. The van der Waals surface area contributed by atoms with E-state index in [0.717, 1.165) is 13.1 Å². The summed E-state index contributed by atoms with van der Waals surface area (Å²) in [6.45, 7) is 10.1. The van der Waals surface area contributed by atoms with Crippen molar-refractivity contribution in [2.45, 2.75) is 59.0 Å². The number of nitrogens with one attached hydrogen (secondary N) is 1. The van der Waals surface area contributed by atoms with E-state index in [0.29, 0.717) is 6.04 Å². The smallest absolute Gasteiger partial charge is 0.0414 e. The van der Waals surface area contributed by atoms with Crippen molar-refractivity contribution in [1.29, 1.82) is 0 Å². The van der Waals surface area contributed by atoms with Gasteiger partial charge in [0.1, 0.15) is 0 Å². The molecule has 2 heteroatoms. The first-order chi connectivity index (χ1) is 9.22. The van der Waals surface area contributed by atoms with Crippen LogP contribution >= 0.6 is 0 Å². The van der Waals surface area contributed by atoms with Crippen molar-refractivity contribution in [2.24, 2.45) is 0 Å². The number of rotatable bonds is 5. The molecule has 106 valence electrons. The molecule has 1 aromatic rings. The molecule has 1 heterocycles. The second-order valence-electron chi connectivity index (χ2n) is 5.85. The predicted octanol–water partition coefficient (Wildman–Crippen LogP) is 3.87. The Labute approximate surface area is 118 Å². The summed E-state index contributed by atoms with van der Waals surface area (Å²) in [5.74, 6) is 0. The Bertz CT molecular complexity index is 400. The molecule has 1 unspecified atom stereocenters. The van der Waals surface area contributed by atoms with Crippen LogP contribution in [0, 0.1) is 6.92 Å². The van der Waals surface area contributed by atoms with Crippen molar-refractivity contribution in [3.05, 3.63) is 29.3 Å². The number of piperidine rings is 1. The summed E-state index contributed by atoms with van der Waals surface area (Å²) in [4.78, 5) is 2.60. The second-order valence-corrected chi connectivity index (χ2v) is 5.85. The van der Waals surface area contributed by atoms with E-state index < -0.39 is 0 Å². The predicted molar refractivity (Wildman–Crippen MR) is 83.8 cm³/mol. The molecule has 1 aromatic carbocycles. The maximum atomic E-state index is 3.55. The molecular weight excluding hydrogens is 232 g/mol. The highest BCUT2D eigenvalue weighted by Crippen LogP contribution is 2.28. The van der Waals surface area contributed by atoms with Gasteiger partial charge < -0.3 is 10.2 Å². The minimum atomic E-state index is 0.682. The SMILES string of the molecule is CCCNCc1cc(C)ccc1N1CCCCC1C. The van der Waals surface area contributed by atoms with Gasteiger partial charge in [-0.15, -0.1) is 0 Å². The molecule has 0 aliphatic carbocycles. The van der Waals surface area contributed by atoms with E-state index in [1.807, 2.05) is 0 Å². The largest absolute Gasteiger partial charge is 0.369 e. The quantitative estimate of drug-likeness (QED) is 0.808. The molecule has 0 bridgehead atoms. The molecule has 1 atom stereocenters. The highest BCUT2D eigenvalue weighted by atomic mass is 15.2. The first-order valence-corrected chi connectivity index (χ1v) is 7.79. The van der Waals surface area contributed by atoms with Crippen molar-refractivity contribution in [1.82, 2.24) is 5.32 Å². The number of anilines is 1. The standard InChI is InChI=1S/C17H28N2/c1-4-10-18-13-16-12-14(2)8-9-17(16)19-11-6-5-7-15(19)3/h8-9,12,15,18H,4-7,10-11,13H2,1-3H3. The van der Waals surface area contributed by atoms with Gasteiger partial charge in [0.15, 0.2) is 0 Å². The molecule has 1 aliphatic rings. The zero-order valence-electron chi connectivity index (χ0n) is 12.7. The maximum absolute atomic E-state index is 3.55. The molecule has 1 aliphatic heterocycles. The third kappa shape index (κ3) is 3.73. The number of hydrogen-bond acceptors (Lipinski definition) is 2. The van der Waals surface area contributed by atoms with Crippen LogP contribution in [0.2, 0.25) is 0 Å². The van der Waals surface area contributed by atoms with E-state index in [1.165, 1.54) is 49.0 Å². The Morgan fingerprint density at radius 3 is 2.89 bits per heavy atom. The maximum Gasteiger partial charge on any atom is 0.0414 e. The molecule has 1 N–H and O–H groups in total. The Balaban J connectivity index is 2.17. The topological polar surface area (TPSA) is 15.3 Å². The van der Waals surface area contributed by atoms with E-state index in [4.69, 9.17) is 0 Å². The zero-order valence-corrected chi connectivity index (χ0v) is 12.7. The van der Waals surface area contributed by atoms with Crippen LogP contribution in [-0.2, 0) is 6.54 Å². The Hall–Kier alpha value is -1.02. The molecular formula is C17H28N2. The van der Waals surface area contributed by atoms with Gasteiger partial charge in [0, 0.05) is 24.8 Å². The van der Waals surface area contributed by atoms with E-state index in [2.05, 4.69) is 49.2 Å². The molecule has 1 fully saturated rings. The van der Waals surface area contributed by atoms with Gasteiger partial charge in [-0.1, -0.05) is 24.6 Å². The highest BCUT2D eigenvalue weighted by molar-refractivity contribution is 5.56. The summed E-state index contributed by atoms with van der Waals surface area (Å²) in [5, 5.41) is 3.55. The normalized spacial score (nSPS) is 19.7. The van der Waals surface area contributed by atoms with Gasteiger partial charge in [-0.3, -0.25) is 0 Å². The first kappa shape index (κ1) is 14.4. The van der Waals surface area contributed by atoms with Crippen LogP contribution in [0.15, 0.2) is 18.2 Å². The Kier molecular flexibility index (Phi) is 5.26. The summed E-state index contributed by atoms with van der Waals surface area (Å²) in [5.41, 5.74) is 4.27. The van der Waals surface area contributed by atoms with Crippen LogP contribution in [0.5, 0.6) is 0 Å². The van der Waals surface area contributed by atoms with Crippen LogP contribution in [0.25, 0.3) is 0 Å². The summed E-state index contributed by atoms with van der Waals surface area (Å²) in [6.07, 6.45) is 5.24. The summed E-state index contributed by atoms with van der Waals surface area (Å²) in [7, 11) is 0. The zero-order chi connectivity index (χ0) is 13.7. The molecule has 0 aromatic heterocycles. The molecule has 0 radical (unpaired) electrons. The minimum absolute atomic E-state index is 0.682. The molecule has 2 rings (SSSR count). The molecule has 19 heavy (non-hydrogen) atoms. The van der Waals surface area contributed by atoms with E-state index >= 15 is 0 Å². The van der Waals surface area contributed by atoms with Gasteiger partial charge in [-0.25, -0.2) is 0 Å². The number of aryl methyl sites for hydroxylation is 1. The van der Waals surface area contributed by atoms with Crippen molar-refractivity contribution < 1.29 is 0 Å². The highest BCUT2D eigenvalue weighted by Gasteiger charge is 2.20. The Morgan fingerprint density at radius 1 is 1.32 bits per heavy atom. The fourth-order valence-corrected chi connectivity index (χ4v) is 2.99. The van der Waals surface area contributed by atoms with Crippen molar-refractivity contribution in [2.75, 3.05) is 18.0 Å². The van der Waals surface area contributed by atoms with Crippen LogP contribution in [0.4, 0.5) is 5.69 Å². The summed E-state index contributed by atoms with van der Waals surface area (Å²) < 4.78 is 0.